The summed E-state index contributed by atoms with van der Waals surface area (Å²) in [6.07, 6.45) is 7.44. The van der Waals surface area contributed by atoms with Crippen molar-refractivity contribution in [3.05, 3.63) is 47.5 Å². The lowest BCUT2D eigenvalue weighted by molar-refractivity contribution is 0.0994. The maximum Gasteiger partial charge on any atom is 0.300 e. The van der Waals surface area contributed by atoms with Gasteiger partial charge < -0.3 is 14.1 Å². The average molecular weight is 441 g/mol. The number of Topliss-reactive ketones (excluding diaryl/α,β-unsaturated/α-hetero) is 1. The van der Waals surface area contributed by atoms with Crippen molar-refractivity contribution in [1.29, 1.82) is 0 Å². The number of hydrogen-bond acceptors (Lipinski definition) is 8. The van der Waals surface area contributed by atoms with Crippen LogP contribution in [-0.2, 0) is 11.2 Å². The third-order valence-corrected chi connectivity index (χ3v) is 5.66. The number of nitrogens with zero attached hydrogens (tertiary/aromatic N) is 6. The van der Waals surface area contributed by atoms with Crippen LogP contribution in [-0.4, -0.2) is 56.7 Å². The second-order valence-corrected chi connectivity index (χ2v) is 7.77. The minimum atomic E-state index is -0.0281. The van der Waals surface area contributed by atoms with E-state index in [9.17, 15) is 4.79 Å². The van der Waals surface area contributed by atoms with Gasteiger partial charge in [-0.2, -0.15) is 10.1 Å². The van der Waals surface area contributed by atoms with E-state index >= 15 is 0 Å². The van der Waals surface area contributed by atoms with Crippen LogP contribution < -0.4 is 4.90 Å². The topological polar surface area (TPSA) is 98.7 Å². The number of pyridine rings is 1. The summed E-state index contributed by atoms with van der Waals surface area (Å²) < 4.78 is 13.0. The van der Waals surface area contributed by atoms with Gasteiger partial charge in [-0.25, -0.2) is 14.5 Å². The van der Waals surface area contributed by atoms with Crippen LogP contribution in [0.25, 0.3) is 16.9 Å². The SMILES string of the molecule is Cl.O=C(Cc1cc2oc(N3CCOCC3)nc2nc1C1CC1)c1cnn2cccnc12. The normalized spacial score (nSPS) is 16.6. The van der Waals surface area contributed by atoms with Gasteiger partial charge in [0, 0.05) is 43.5 Å². The summed E-state index contributed by atoms with van der Waals surface area (Å²) in [7, 11) is 0. The van der Waals surface area contributed by atoms with Crippen LogP contribution in [0.1, 0.15) is 40.4 Å². The van der Waals surface area contributed by atoms with Gasteiger partial charge in [-0.3, -0.25) is 4.79 Å². The van der Waals surface area contributed by atoms with E-state index in [1.54, 1.807) is 29.2 Å². The molecule has 0 unspecified atom stereocenters. The molecule has 1 saturated carbocycles. The Morgan fingerprint density at radius 3 is 2.84 bits per heavy atom. The number of morpholine rings is 1. The number of ketones is 1. The fourth-order valence-electron chi connectivity index (χ4n) is 3.94. The smallest absolute Gasteiger partial charge is 0.300 e. The molecule has 5 heterocycles. The Balaban J connectivity index is 0.00000204. The first-order chi connectivity index (χ1) is 14.8. The molecule has 9 nitrogen and oxygen atoms in total. The maximum absolute atomic E-state index is 13.1. The van der Waals surface area contributed by atoms with Gasteiger partial charge in [-0.15, -0.1) is 12.4 Å². The summed E-state index contributed by atoms with van der Waals surface area (Å²) in [5.74, 6) is 0.363. The first kappa shape index (κ1) is 19.9. The highest BCUT2D eigenvalue weighted by Crippen LogP contribution is 2.42. The minimum absolute atomic E-state index is 0. The fraction of sp³-hybridized carbons (Fsp3) is 0.381. The molecule has 2 aliphatic rings. The molecular weight excluding hydrogens is 420 g/mol. The van der Waals surface area contributed by atoms with Gasteiger partial charge >= 0.3 is 0 Å². The molecule has 4 aromatic heterocycles. The van der Waals surface area contributed by atoms with E-state index in [4.69, 9.17) is 14.1 Å². The van der Waals surface area contributed by atoms with E-state index in [1.165, 1.54) is 0 Å². The van der Waals surface area contributed by atoms with Crippen LogP contribution in [0.4, 0.5) is 6.01 Å². The number of carbonyl (C=O) groups excluding carboxylic acids is 1. The van der Waals surface area contributed by atoms with Crippen LogP contribution >= 0.6 is 12.4 Å². The monoisotopic (exact) mass is 440 g/mol. The Hall–Kier alpha value is -3.04. The largest absolute Gasteiger partial charge is 0.422 e. The van der Waals surface area contributed by atoms with Crippen LogP contribution in [0.5, 0.6) is 0 Å². The first-order valence-electron chi connectivity index (χ1n) is 10.2. The van der Waals surface area contributed by atoms with Crippen molar-refractivity contribution in [3.63, 3.8) is 0 Å². The molecule has 160 valence electrons. The lowest BCUT2D eigenvalue weighted by Crippen LogP contribution is -2.36. The van der Waals surface area contributed by atoms with Crippen LogP contribution in [0, 0.1) is 0 Å². The number of anilines is 1. The number of ether oxygens (including phenoxy) is 1. The molecule has 0 atom stereocenters. The highest BCUT2D eigenvalue weighted by atomic mass is 35.5. The van der Waals surface area contributed by atoms with Crippen molar-refractivity contribution in [2.45, 2.75) is 25.2 Å². The van der Waals surface area contributed by atoms with Crippen molar-refractivity contribution >= 4 is 41.1 Å². The predicted molar refractivity (Wildman–Crippen MR) is 115 cm³/mol. The molecule has 1 saturated heterocycles. The summed E-state index contributed by atoms with van der Waals surface area (Å²) in [6, 6.07) is 4.29. The Kier molecular flexibility index (Phi) is 5.07. The summed E-state index contributed by atoms with van der Waals surface area (Å²) in [4.78, 5) is 28.8. The van der Waals surface area contributed by atoms with E-state index in [0.29, 0.717) is 47.6 Å². The number of fused-ring (bicyclic) bond motifs is 2. The van der Waals surface area contributed by atoms with Gasteiger partial charge in [0.2, 0.25) is 5.65 Å². The second kappa shape index (κ2) is 7.90. The fourth-order valence-corrected chi connectivity index (χ4v) is 3.94. The van der Waals surface area contributed by atoms with Gasteiger partial charge in [0.05, 0.1) is 25.0 Å². The van der Waals surface area contributed by atoms with E-state index < -0.39 is 0 Å². The predicted octanol–water partition coefficient (Wildman–Crippen LogP) is 2.83. The highest BCUT2D eigenvalue weighted by molar-refractivity contribution is 6.02. The molecule has 0 spiro atoms. The maximum atomic E-state index is 13.1. The van der Waals surface area contributed by atoms with Crippen molar-refractivity contribution in [2.24, 2.45) is 0 Å². The van der Waals surface area contributed by atoms with Crippen molar-refractivity contribution in [2.75, 3.05) is 31.2 Å². The molecule has 1 aliphatic heterocycles. The van der Waals surface area contributed by atoms with E-state index in [2.05, 4.69) is 20.0 Å². The summed E-state index contributed by atoms with van der Waals surface area (Å²) >= 11 is 0. The lowest BCUT2D eigenvalue weighted by atomic mass is 10.0. The van der Waals surface area contributed by atoms with Crippen LogP contribution in [0.3, 0.4) is 0 Å². The standard InChI is InChI=1S/C21H20N6O3.ClH/c28-16(15-12-23-27-5-1-4-22-20(15)27)10-14-11-17-19(24-18(14)13-2-3-13)25-21(30-17)26-6-8-29-9-7-26;/h1,4-5,11-13H,2-3,6-10H2;1H. The number of carbonyl (C=O) groups is 1. The molecule has 31 heavy (non-hydrogen) atoms. The lowest BCUT2D eigenvalue weighted by Gasteiger charge is -2.24. The Morgan fingerprint density at radius 2 is 2.03 bits per heavy atom. The zero-order valence-corrected chi connectivity index (χ0v) is 17.5. The molecule has 1 aliphatic carbocycles. The number of oxazole rings is 1. The quantitative estimate of drug-likeness (QED) is 0.437. The molecular formula is C21H21ClN6O3. The number of rotatable bonds is 5. The van der Waals surface area contributed by atoms with Crippen LogP contribution in [0.15, 0.2) is 35.1 Å². The van der Waals surface area contributed by atoms with Gasteiger partial charge in [-0.05, 0) is 30.5 Å². The minimum Gasteiger partial charge on any atom is -0.422 e. The van der Waals surface area contributed by atoms with E-state index in [0.717, 1.165) is 37.2 Å². The average Bonchev–Trinajstić information content (AvgIpc) is 3.39. The van der Waals surface area contributed by atoms with Gasteiger partial charge in [-0.1, -0.05) is 0 Å². The number of aromatic nitrogens is 5. The third-order valence-electron chi connectivity index (χ3n) is 5.66. The molecule has 0 bridgehead atoms. The molecule has 0 radical (unpaired) electrons. The number of hydrogen-bond donors (Lipinski definition) is 0. The molecule has 0 amide bonds. The number of halogens is 1. The highest BCUT2D eigenvalue weighted by Gasteiger charge is 2.30. The molecule has 6 rings (SSSR count). The second-order valence-electron chi connectivity index (χ2n) is 7.77. The van der Waals surface area contributed by atoms with E-state index in [1.807, 2.05) is 6.07 Å². The third kappa shape index (κ3) is 3.64. The first-order valence-corrected chi connectivity index (χ1v) is 10.2. The van der Waals surface area contributed by atoms with E-state index in [-0.39, 0.29) is 24.6 Å². The molecule has 2 fully saturated rings. The van der Waals surface area contributed by atoms with Crippen molar-refractivity contribution in [1.82, 2.24) is 24.6 Å². The molecule has 0 aromatic carbocycles. The zero-order chi connectivity index (χ0) is 20.1. The molecule has 10 heteroatoms. The summed E-state index contributed by atoms with van der Waals surface area (Å²) in [5.41, 5.74) is 4.16. The summed E-state index contributed by atoms with van der Waals surface area (Å²) in [6.45, 7) is 2.81. The van der Waals surface area contributed by atoms with Crippen molar-refractivity contribution in [3.8, 4) is 0 Å². The Bertz CT molecular complexity index is 1260. The Labute approximate surface area is 183 Å². The summed E-state index contributed by atoms with van der Waals surface area (Å²) in [5, 5.41) is 4.23. The molecule has 0 N–H and O–H groups in total. The molecule has 4 aromatic rings. The van der Waals surface area contributed by atoms with Gasteiger partial charge in [0.15, 0.2) is 17.0 Å². The zero-order valence-electron chi connectivity index (χ0n) is 16.7. The Morgan fingerprint density at radius 1 is 1.19 bits per heavy atom. The van der Waals surface area contributed by atoms with Gasteiger partial charge in [0.25, 0.3) is 6.01 Å². The van der Waals surface area contributed by atoms with Crippen LogP contribution in [0.2, 0.25) is 0 Å². The van der Waals surface area contributed by atoms with Crippen molar-refractivity contribution < 1.29 is 13.9 Å². The van der Waals surface area contributed by atoms with Gasteiger partial charge in [0.1, 0.15) is 0 Å².